The third-order valence-corrected chi connectivity index (χ3v) is 4.61. The minimum absolute atomic E-state index is 0.0888. The zero-order valence-electron chi connectivity index (χ0n) is 14.7. The number of carbonyl (C=O) groups excluding carboxylic acids is 1. The Labute approximate surface area is 149 Å². The number of carbonyl (C=O) groups is 1. The summed E-state index contributed by atoms with van der Waals surface area (Å²) in [6.45, 7) is 6.42. The average Bonchev–Trinajstić information content (AvgIpc) is 3.06. The zero-order valence-corrected chi connectivity index (χ0v) is 14.7. The number of benzene rings is 1. The largest absolute Gasteiger partial charge is 0.338 e. The number of rotatable bonds is 6. The van der Waals surface area contributed by atoms with Crippen LogP contribution in [0.1, 0.15) is 23.1 Å². The van der Waals surface area contributed by atoms with Gasteiger partial charge in [0, 0.05) is 38.6 Å². The number of nitrogens with zero attached hydrogens (tertiary/aromatic N) is 2. The number of urea groups is 1. The summed E-state index contributed by atoms with van der Waals surface area (Å²) < 4.78 is 0. The van der Waals surface area contributed by atoms with E-state index >= 15 is 0 Å². The predicted octanol–water partition coefficient (Wildman–Crippen LogP) is 2.71. The molecule has 1 aliphatic rings. The Morgan fingerprint density at radius 1 is 1.20 bits per heavy atom. The summed E-state index contributed by atoms with van der Waals surface area (Å²) in [6.07, 6.45) is 4.80. The van der Waals surface area contributed by atoms with Crippen LogP contribution in [0.25, 0.3) is 0 Å². The minimum Gasteiger partial charge on any atom is -0.338 e. The topological polar surface area (TPSA) is 57.3 Å². The molecule has 0 spiro atoms. The van der Waals surface area contributed by atoms with E-state index in [-0.39, 0.29) is 6.03 Å². The molecule has 1 aromatic heterocycles. The fourth-order valence-corrected chi connectivity index (χ4v) is 3.27. The van der Waals surface area contributed by atoms with Gasteiger partial charge in [0.05, 0.1) is 0 Å². The molecule has 1 atom stereocenters. The van der Waals surface area contributed by atoms with E-state index in [9.17, 15) is 4.79 Å². The first kappa shape index (κ1) is 17.4. The number of aryl methyl sites for hydroxylation is 1. The number of aromatic nitrogens is 1. The smallest absolute Gasteiger partial charge is 0.315 e. The van der Waals surface area contributed by atoms with Crippen molar-refractivity contribution in [3.8, 4) is 0 Å². The van der Waals surface area contributed by atoms with Gasteiger partial charge in [-0.3, -0.25) is 9.88 Å². The lowest BCUT2D eigenvalue weighted by Crippen LogP contribution is -2.38. The van der Waals surface area contributed by atoms with Crippen LogP contribution in [-0.2, 0) is 13.1 Å². The molecule has 2 heterocycles. The number of hydrogen-bond acceptors (Lipinski definition) is 3. The molecule has 0 bridgehead atoms. The number of nitrogens with one attached hydrogen (secondary N) is 2. The molecule has 132 valence electrons. The standard InChI is InChI=1S/C20H26N4O/c1-16-3-2-4-18(11-16)12-22-20(25)23-13-19-7-10-24(15-19)14-17-5-8-21-9-6-17/h2-6,8-9,11,19H,7,10,12-15H2,1H3,(H2,22,23,25)/t19-/m1/s1. The fourth-order valence-electron chi connectivity index (χ4n) is 3.27. The Morgan fingerprint density at radius 2 is 2.04 bits per heavy atom. The first-order chi connectivity index (χ1) is 12.2. The van der Waals surface area contributed by atoms with E-state index in [4.69, 9.17) is 0 Å². The highest BCUT2D eigenvalue weighted by Gasteiger charge is 2.22. The molecular weight excluding hydrogens is 312 g/mol. The molecule has 1 fully saturated rings. The molecule has 5 nitrogen and oxygen atoms in total. The summed E-state index contributed by atoms with van der Waals surface area (Å²) in [5.41, 5.74) is 3.62. The maximum Gasteiger partial charge on any atom is 0.315 e. The number of likely N-dealkylation sites (tertiary alicyclic amines) is 1. The van der Waals surface area contributed by atoms with Crippen molar-refractivity contribution in [2.75, 3.05) is 19.6 Å². The van der Waals surface area contributed by atoms with Gasteiger partial charge in [-0.15, -0.1) is 0 Å². The molecule has 1 saturated heterocycles. The van der Waals surface area contributed by atoms with Crippen molar-refractivity contribution in [2.45, 2.75) is 26.4 Å². The Bertz CT molecular complexity index is 689. The summed E-state index contributed by atoms with van der Waals surface area (Å²) >= 11 is 0. The molecule has 0 radical (unpaired) electrons. The monoisotopic (exact) mass is 338 g/mol. The van der Waals surface area contributed by atoms with Crippen LogP contribution >= 0.6 is 0 Å². The van der Waals surface area contributed by atoms with Crippen molar-refractivity contribution in [1.29, 1.82) is 0 Å². The lowest BCUT2D eigenvalue weighted by molar-refractivity contribution is 0.238. The number of pyridine rings is 1. The van der Waals surface area contributed by atoms with E-state index < -0.39 is 0 Å². The molecule has 25 heavy (non-hydrogen) atoms. The molecule has 3 rings (SSSR count). The van der Waals surface area contributed by atoms with Gasteiger partial charge < -0.3 is 10.6 Å². The second kappa shape index (κ2) is 8.62. The lowest BCUT2D eigenvalue weighted by Gasteiger charge is -2.16. The highest BCUT2D eigenvalue weighted by atomic mass is 16.2. The zero-order chi connectivity index (χ0) is 17.5. The molecule has 1 aliphatic heterocycles. The van der Waals surface area contributed by atoms with E-state index in [0.717, 1.165) is 38.2 Å². The summed E-state index contributed by atoms with van der Waals surface area (Å²) in [5.74, 6) is 0.520. The van der Waals surface area contributed by atoms with Gasteiger partial charge >= 0.3 is 6.03 Å². The fraction of sp³-hybridized carbons (Fsp3) is 0.400. The highest BCUT2D eigenvalue weighted by Crippen LogP contribution is 2.17. The maximum atomic E-state index is 12.0. The Hall–Kier alpha value is -2.40. The first-order valence-electron chi connectivity index (χ1n) is 8.87. The molecule has 2 aromatic rings. The molecule has 1 aromatic carbocycles. The van der Waals surface area contributed by atoms with Crippen molar-refractivity contribution in [3.05, 3.63) is 65.5 Å². The van der Waals surface area contributed by atoms with Crippen LogP contribution in [0.5, 0.6) is 0 Å². The molecule has 2 N–H and O–H groups in total. The maximum absolute atomic E-state index is 12.0. The van der Waals surface area contributed by atoms with Crippen molar-refractivity contribution in [2.24, 2.45) is 5.92 Å². The van der Waals surface area contributed by atoms with E-state index in [0.29, 0.717) is 12.5 Å². The minimum atomic E-state index is -0.0888. The van der Waals surface area contributed by atoms with Gasteiger partial charge in [0.1, 0.15) is 0 Å². The predicted molar refractivity (Wildman–Crippen MR) is 99.0 cm³/mol. The van der Waals surface area contributed by atoms with Crippen LogP contribution in [0.15, 0.2) is 48.8 Å². The first-order valence-corrected chi connectivity index (χ1v) is 8.87. The van der Waals surface area contributed by atoms with Crippen molar-refractivity contribution < 1.29 is 4.79 Å². The van der Waals surface area contributed by atoms with Gasteiger partial charge in [0.15, 0.2) is 0 Å². The summed E-state index contributed by atoms with van der Waals surface area (Å²) in [6, 6.07) is 12.2. The van der Waals surface area contributed by atoms with Gasteiger partial charge in [-0.25, -0.2) is 4.79 Å². The van der Waals surface area contributed by atoms with Crippen molar-refractivity contribution >= 4 is 6.03 Å². The summed E-state index contributed by atoms with van der Waals surface area (Å²) in [7, 11) is 0. The van der Waals surface area contributed by atoms with Crippen LogP contribution < -0.4 is 10.6 Å². The molecular formula is C20H26N4O. The van der Waals surface area contributed by atoms with Crippen molar-refractivity contribution in [1.82, 2.24) is 20.5 Å². The van der Waals surface area contributed by atoms with Gasteiger partial charge in [-0.05, 0) is 49.1 Å². The Kier molecular flexibility index (Phi) is 6.01. The summed E-state index contributed by atoms with van der Waals surface area (Å²) in [4.78, 5) is 18.5. The quantitative estimate of drug-likeness (QED) is 0.851. The average molecular weight is 338 g/mol. The molecule has 0 unspecified atom stereocenters. The Morgan fingerprint density at radius 3 is 2.84 bits per heavy atom. The van der Waals surface area contributed by atoms with E-state index in [2.05, 4.69) is 51.7 Å². The summed E-state index contributed by atoms with van der Waals surface area (Å²) in [5, 5.41) is 5.94. The van der Waals surface area contributed by atoms with Crippen LogP contribution in [-0.4, -0.2) is 35.5 Å². The highest BCUT2D eigenvalue weighted by molar-refractivity contribution is 5.73. The van der Waals surface area contributed by atoms with Crippen LogP contribution in [0.4, 0.5) is 4.79 Å². The second-order valence-electron chi connectivity index (χ2n) is 6.80. The van der Waals surface area contributed by atoms with E-state index in [1.54, 1.807) is 0 Å². The molecule has 0 saturated carbocycles. The third kappa shape index (κ3) is 5.57. The van der Waals surface area contributed by atoms with E-state index in [1.807, 2.05) is 24.5 Å². The number of hydrogen-bond donors (Lipinski definition) is 2. The molecule has 2 amide bonds. The van der Waals surface area contributed by atoms with Gasteiger partial charge in [-0.1, -0.05) is 29.8 Å². The SMILES string of the molecule is Cc1cccc(CNC(=O)NC[C@H]2CCN(Cc3ccncc3)C2)c1. The lowest BCUT2D eigenvalue weighted by atomic mass is 10.1. The Balaban J connectivity index is 1.35. The van der Waals surface area contributed by atoms with Crippen LogP contribution in [0.2, 0.25) is 0 Å². The number of amides is 2. The van der Waals surface area contributed by atoms with Crippen LogP contribution in [0, 0.1) is 12.8 Å². The van der Waals surface area contributed by atoms with Crippen LogP contribution in [0.3, 0.4) is 0 Å². The van der Waals surface area contributed by atoms with Gasteiger partial charge in [0.25, 0.3) is 0 Å². The van der Waals surface area contributed by atoms with E-state index in [1.165, 1.54) is 11.1 Å². The van der Waals surface area contributed by atoms with Gasteiger partial charge in [-0.2, -0.15) is 0 Å². The van der Waals surface area contributed by atoms with Gasteiger partial charge in [0.2, 0.25) is 0 Å². The normalized spacial score (nSPS) is 17.4. The molecule has 5 heteroatoms. The third-order valence-electron chi connectivity index (χ3n) is 4.61. The van der Waals surface area contributed by atoms with Crippen molar-refractivity contribution in [3.63, 3.8) is 0 Å². The molecule has 0 aliphatic carbocycles. The second-order valence-corrected chi connectivity index (χ2v) is 6.80.